The van der Waals surface area contributed by atoms with Gasteiger partial charge in [0.05, 0.1) is 12.6 Å². The van der Waals surface area contributed by atoms with Gasteiger partial charge in [-0.15, -0.1) is 0 Å². The highest BCUT2D eigenvalue weighted by atomic mass is 32.1. The molecule has 336 valence electrons. The Hall–Kier alpha value is -5.76. The minimum absolute atomic E-state index is 0.00223. The molecule has 23 heteroatoms. The number of aliphatic carboxylic acids is 1. The Bertz CT molecular complexity index is 1770. The van der Waals surface area contributed by atoms with E-state index in [1.165, 1.54) is 25.3 Å². The van der Waals surface area contributed by atoms with Crippen molar-refractivity contribution in [1.82, 2.24) is 36.5 Å². The number of unbranched alkanes of at least 4 members (excludes halogenated alkanes) is 4. The molecule has 1 fully saturated rings. The van der Waals surface area contributed by atoms with Crippen LogP contribution >= 0.6 is 12.6 Å². The van der Waals surface area contributed by atoms with E-state index in [0.717, 1.165) is 17.7 Å². The van der Waals surface area contributed by atoms with E-state index in [9.17, 15) is 51.9 Å². The van der Waals surface area contributed by atoms with E-state index in [1.54, 1.807) is 6.07 Å². The van der Waals surface area contributed by atoms with Crippen molar-refractivity contribution in [3.05, 3.63) is 29.6 Å². The van der Waals surface area contributed by atoms with Crippen molar-refractivity contribution in [2.75, 3.05) is 32.0 Å². The van der Waals surface area contributed by atoms with E-state index >= 15 is 0 Å². The minimum atomic E-state index is -3.19. The molecule has 0 radical (unpaired) electrons. The van der Waals surface area contributed by atoms with E-state index in [2.05, 4.69) is 48.9 Å². The van der Waals surface area contributed by atoms with Gasteiger partial charge >= 0.3 is 5.97 Å². The summed E-state index contributed by atoms with van der Waals surface area (Å²) in [7, 11) is 0. The summed E-state index contributed by atoms with van der Waals surface area (Å²) in [6, 6.07) is -2.02. The number of carboxylic acids is 1. The summed E-state index contributed by atoms with van der Waals surface area (Å²) in [5.41, 5.74) is 6.38. The van der Waals surface area contributed by atoms with Crippen LogP contribution in [0.5, 0.6) is 0 Å². The fourth-order valence-corrected chi connectivity index (χ4v) is 6.12. The molecule has 1 saturated heterocycles. The molecular weight excluding hydrogens is 829 g/mol. The molecule has 61 heavy (non-hydrogen) atoms. The van der Waals surface area contributed by atoms with Crippen LogP contribution in [0.3, 0.4) is 0 Å². The van der Waals surface area contributed by atoms with Crippen molar-refractivity contribution in [2.45, 2.75) is 114 Å². The molecule has 6 amide bonds. The number of halogens is 2. The summed E-state index contributed by atoms with van der Waals surface area (Å²) >= 11 is 3.84. The summed E-state index contributed by atoms with van der Waals surface area (Å²) in [4.78, 5) is 114. The van der Waals surface area contributed by atoms with Gasteiger partial charge in [-0.05, 0) is 38.3 Å². The third kappa shape index (κ3) is 19.0. The van der Waals surface area contributed by atoms with Crippen molar-refractivity contribution >= 4 is 66.3 Å². The number of amides is 6. The highest BCUT2D eigenvalue weighted by Crippen LogP contribution is 2.32. The van der Waals surface area contributed by atoms with E-state index in [4.69, 9.17) is 16.1 Å². The van der Waals surface area contributed by atoms with Gasteiger partial charge in [-0.2, -0.15) is 17.9 Å². The van der Waals surface area contributed by atoms with Gasteiger partial charge < -0.3 is 47.1 Å². The zero-order valence-electron chi connectivity index (χ0n) is 33.7. The lowest BCUT2D eigenvalue weighted by Gasteiger charge is -2.23. The van der Waals surface area contributed by atoms with Gasteiger partial charge in [0.1, 0.15) is 42.6 Å². The summed E-state index contributed by atoms with van der Waals surface area (Å²) in [6.45, 7) is 0.0304. The molecule has 1 aliphatic rings. The second-order valence-corrected chi connectivity index (χ2v) is 14.7. The molecule has 0 aliphatic carbocycles. The second-order valence-electron chi connectivity index (χ2n) is 14.3. The Balaban J connectivity index is 1.58. The van der Waals surface area contributed by atoms with Crippen LogP contribution in [0.4, 0.5) is 8.78 Å². The first-order valence-electron chi connectivity index (χ1n) is 19.5. The smallest absolute Gasteiger partial charge is 0.327 e. The molecule has 0 spiro atoms. The molecule has 1 aromatic rings. The summed E-state index contributed by atoms with van der Waals surface area (Å²) in [5, 5.41) is 30.4. The van der Waals surface area contributed by atoms with Crippen LogP contribution in [0.15, 0.2) is 18.3 Å². The summed E-state index contributed by atoms with van der Waals surface area (Å²) < 4.78 is 32.1. The Morgan fingerprint density at radius 3 is 2.34 bits per heavy atom. The number of aromatic nitrogens is 1. The molecule has 0 bridgehead atoms. The third-order valence-corrected chi connectivity index (χ3v) is 9.67. The fraction of sp³-hybridized carbons (Fsp3) is 0.605. The predicted molar refractivity (Wildman–Crippen MR) is 213 cm³/mol. The molecule has 3 unspecified atom stereocenters. The van der Waals surface area contributed by atoms with Crippen LogP contribution in [0.2, 0.25) is 0 Å². The molecule has 0 saturated carbocycles. The molecular formula is C38H53F2N9O11S. The molecule has 2 rings (SSSR count). The lowest BCUT2D eigenvalue weighted by Crippen LogP contribution is -2.57. The Kier molecular flexibility index (Phi) is 22.3. The number of pyridine rings is 1. The quantitative estimate of drug-likeness (QED) is 0.0293. The van der Waals surface area contributed by atoms with E-state index < -0.39 is 85.3 Å². The number of likely N-dealkylation sites (tertiary alicyclic amines) is 1. The number of carbonyl (C=O) groups is 9. The highest BCUT2D eigenvalue weighted by molar-refractivity contribution is 7.80. The normalized spacial score (nSPS) is 16.1. The maximum Gasteiger partial charge on any atom is 0.327 e. The highest BCUT2D eigenvalue weighted by Gasteiger charge is 2.48. The van der Waals surface area contributed by atoms with Gasteiger partial charge in [0.15, 0.2) is 0 Å². The predicted octanol–water partition coefficient (Wildman–Crippen LogP) is -0.701. The van der Waals surface area contributed by atoms with Gasteiger partial charge in [-0.3, -0.25) is 43.3 Å². The Labute approximate surface area is 356 Å². The van der Waals surface area contributed by atoms with Crippen molar-refractivity contribution in [3.63, 3.8) is 0 Å². The second kappa shape index (κ2) is 26.5. The average molecular weight is 882 g/mol. The number of thiol groups is 1. The van der Waals surface area contributed by atoms with E-state index in [1.807, 2.05) is 0 Å². The number of carboxylic acid groups (broad SMARTS) is 1. The SMILES string of the molecule is C[C@@H](NC(=O)c1ccnc(CCC(=O)CCC(=O)NCCCCCCCC(=O)NCC(N)C(=O)NC(COC=O)C(=O)NC(CS)C(=O)O)c1)C(=O)N1CC(F)(F)C[C@H]1C#N. The molecule has 8 N–H and O–H groups in total. The summed E-state index contributed by atoms with van der Waals surface area (Å²) in [6.07, 6.45) is 4.48. The van der Waals surface area contributed by atoms with Crippen molar-refractivity contribution in [3.8, 4) is 6.07 Å². The lowest BCUT2D eigenvalue weighted by molar-refractivity contribution is -0.142. The first kappa shape index (κ1) is 51.4. The number of hydrogen-bond acceptors (Lipinski definition) is 14. The van der Waals surface area contributed by atoms with Gasteiger partial charge in [0, 0.05) is 68.4 Å². The minimum Gasteiger partial charge on any atom is -0.480 e. The Morgan fingerprint density at radius 1 is 1.00 bits per heavy atom. The van der Waals surface area contributed by atoms with Crippen LogP contribution in [-0.2, 0) is 49.5 Å². The fourth-order valence-electron chi connectivity index (χ4n) is 5.87. The Morgan fingerprint density at radius 2 is 1.67 bits per heavy atom. The number of carbonyl (C=O) groups excluding carboxylic acids is 8. The maximum atomic E-state index is 13.8. The largest absolute Gasteiger partial charge is 0.480 e. The van der Waals surface area contributed by atoms with Gasteiger partial charge in [-0.1, -0.05) is 19.3 Å². The molecule has 1 aromatic heterocycles. The number of nitrogens with zero attached hydrogens (tertiary/aromatic N) is 3. The van der Waals surface area contributed by atoms with Crippen LogP contribution in [0.1, 0.15) is 87.2 Å². The average Bonchev–Trinajstić information content (AvgIpc) is 3.56. The number of nitriles is 1. The number of alkyl halides is 2. The summed E-state index contributed by atoms with van der Waals surface area (Å²) in [5.74, 6) is -8.89. The number of rotatable bonds is 28. The van der Waals surface area contributed by atoms with Crippen molar-refractivity contribution in [1.29, 1.82) is 5.26 Å². The lowest BCUT2D eigenvalue weighted by atomic mass is 10.1. The zero-order valence-corrected chi connectivity index (χ0v) is 34.6. The van der Waals surface area contributed by atoms with Crippen LogP contribution < -0.4 is 32.3 Å². The first-order valence-corrected chi connectivity index (χ1v) is 20.2. The molecule has 5 atom stereocenters. The molecule has 20 nitrogen and oxygen atoms in total. The first-order chi connectivity index (χ1) is 28.9. The monoisotopic (exact) mass is 881 g/mol. The molecule has 2 heterocycles. The van der Waals surface area contributed by atoms with Gasteiger partial charge in [-0.25, -0.2) is 13.6 Å². The topological polar surface area (TPSA) is 309 Å². The number of Topliss-reactive ketones (excluding diaryl/α,β-unsaturated/α-hetero) is 1. The number of aryl methyl sites for hydroxylation is 1. The van der Waals surface area contributed by atoms with Crippen molar-refractivity contribution < 1.29 is 61.8 Å². The maximum absolute atomic E-state index is 13.8. The van der Waals surface area contributed by atoms with Crippen LogP contribution in [0.25, 0.3) is 0 Å². The number of hydrogen-bond donors (Lipinski definition) is 8. The molecule has 1 aliphatic heterocycles. The third-order valence-electron chi connectivity index (χ3n) is 9.31. The number of ether oxygens (including phenoxy) is 1. The standard InChI is InChI=1S/C38H53F2N9O11S/c1-23(36(57)49-21-38(39,40)16-26(49)17-41)46-33(54)24-12-14-43-25(15-24)8-9-27(51)10-11-32(53)44-13-6-4-2-3-5-7-31(52)45-18-28(42)34(55)47-29(19-60-22-50)35(56)48-30(20-61)37(58)59/h12,14-15,22-23,26,28-30,61H,2-11,13,16,18-21,42H2,1H3,(H,44,53)(H,45,52)(H,46,54)(H,47,55)(H,48,56)(H,58,59)/t23-,26+,28?,29?,30?/m1/s1. The molecule has 0 aromatic carbocycles. The van der Waals surface area contributed by atoms with Crippen LogP contribution in [0, 0.1) is 11.3 Å². The van der Waals surface area contributed by atoms with Gasteiger partial charge in [0.2, 0.25) is 29.5 Å². The number of nitrogens with one attached hydrogen (secondary N) is 5. The van der Waals surface area contributed by atoms with Crippen LogP contribution in [-0.4, -0.2) is 137 Å². The van der Waals surface area contributed by atoms with Crippen molar-refractivity contribution in [2.24, 2.45) is 5.73 Å². The number of nitrogens with two attached hydrogens (primary N) is 1. The van der Waals surface area contributed by atoms with E-state index in [-0.39, 0.29) is 74.0 Å². The zero-order chi connectivity index (χ0) is 45.5. The number of ketones is 1. The van der Waals surface area contributed by atoms with E-state index in [0.29, 0.717) is 31.5 Å². The van der Waals surface area contributed by atoms with Gasteiger partial charge in [0.25, 0.3) is 18.3 Å².